The van der Waals surface area contributed by atoms with E-state index in [1.54, 1.807) is 36.0 Å². The van der Waals surface area contributed by atoms with Crippen molar-refractivity contribution >= 4 is 48.1 Å². The van der Waals surface area contributed by atoms with E-state index in [1.807, 2.05) is 24.5 Å². The molecule has 0 aliphatic heterocycles. The fourth-order valence-electron chi connectivity index (χ4n) is 3.52. The van der Waals surface area contributed by atoms with Crippen LogP contribution in [0, 0.1) is 0 Å². The Hall–Kier alpha value is -3.22. The quantitative estimate of drug-likeness (QED) is 0.156. The molecule has 0 aliphatic carbocycles. The maximum Gasteiger partial charge on any atom is 0.326 e. The lowest BCUT2D eigenvalue weighted by molar-refractivity contribution is -0.142. The molecule has 12 heteroatoms. The highest BCUT2D eigenvalue weighted by Crippen LogP contribution is 2.12. The van der Waals surface area contributed by atoms with Gasteiger partial charge in [-0.2, -0.15) is 24.4 Å². The zero-order chi connectivity index (χ0) is 28.1. The number of aromatic hydroxyl groups is 1. The van der Waals surface area contributed by atoms with E-state index in [0.29, 0.717) is 17.7 Å². The number of rotatable bonds is 15. The summed E-state index contributed by atoms with van der Waals surface area (Å²) in [5.74, 6) is -2.50. The topological polar surface area (TPSA) is 171 Å². The molecule has 38 heavy (non-hydrogen) atoms. The number of carbonyl (C=O) groups excluding carboxylic acids is 3. The number of hydrogen-bond acceptors (Lipinski definition) is 8. The summed E-state index contributed by atoms with van der Waals surface area (Å²) in [6.45, 7) is 0. The number of carbonyl (C=O) groups is 4. The molecule has 7 N–H and O–H groups in total. The van der Waals surface area contributed by atoms with Crippen LogP contribution in [0.1, 0.15) is 17.5 Å². The van der Waals surface area contributed by atoms with Crippen molar-refractivity contribution in [3.05, 3.63) is 65.7 Å². The summed E-state index contributed by atoms with van der Waals surface area (Å²) >= 11 is 5.71. The number of phenolic OH excluding ortho intramolecular Hbond substituents is 1. The molecule has 206 valence electrons. The fourth-order valence-corrected chi connectivity index (χ4v) is 4.27. The summed E-state index contributed by atoms with van der Waals surface area (Å²) in [6.07, 6.45) is 2.47. The number of thioether (sulfide) groups is 1. The Bertz CT molecular complexity index is 1070. The van der Waals surface area contributed by atoms with Crippen LogP contribution in [0.25, 0.3) is 0 Å². The first-order valence-electron chi connectivity index (χ1n) is 12.0. The van der Waals surface area contributed by atoms with E-state index >= 15 is 0 Å². The van der Waals surface area contributed by atoms with Crippen LogP contribution in [0.15, 0.2) is 54.6 Å². The van der Waals surface area contributed by atoms with E-state index < -0.39 is 47.9 Å². The second kappa shape index (κ2) is 15.9. The lowest BCUT2D eigenvalue weighted by Gasteiger charge is -2.24. The first kappa shape index (κ1) is 31.0. The highest BCUT2D eigenvalue weighted by molar-refractivity contribution is 7.98. The molecule has 0 bridgehead atoms. The number of phenols is 1. The van der Waals surface area contributed by atoms with Crippen molar-refractivity contribution < 1.29 is 29.4 Å². The molecule has 3 amide bonds. The molecule has 0 radical (unpaired) electrons. The Kier molecular flexibility index (Phi) is 13.0. The van der Waals surface area contributed by atoms with Crippen molar-refractivity contribution in [1.29, 1.82) is 0 Å². The van der Waals surface area contributed by atoms with Gasteiger partial charge in [0.2, 0.25) is 17.7 Å². The van der Waals surface area contributed by atoms with Crippen LogP contribution in [0.5, 0.6) is 5.75 Å². The van der Waals surface area contributed by atoms with Gasteiger partial charge in [0.05, 0.1) is 6.04 Å². The third-order valence-electron chi connectivity index (χ3n) is 5.69. The van der Waals surface area contributed by atoms with Crippen molar-refractivity contribution in [2.75, 3.05) is 17.8 Å². The van der Waals surface area contributed by atoms with E-state index in [2.05, 4.69) is 28.6 Å². The van der Waals surface area contributed by atoms with E-state index in [-0.39, 0.29) is 24.3 Å². The van der Waals surface area contributed by atoms with E-state index in [4.69, 9.17) is 5.73 Å². The van der Waals surface area contributed by atoms with Crippen LogP contribution < -0.4 is 21.7 Å². The molecule has 2 aromatic rings. The number of nitrogens with two attached hydrogens (primary N) is 1. The summed E-state index contributed by atoms with van der Waals surface area (Å²) in [5.41, 5.74) is 7.35. The number of carboxylic acids is 1. The normalized spacial score (nSPS) is 14.0. The number of thiol groups is 1. The first-order chi connectivity index (χ1) is 18.1. The molecule has 0 aliphatic rings. The predicted octanol–water partition coefficient (Wildman–Crippen LogP) is 0.727. The number of carboxylic acid groups (broad SMARTS) is 1. The molecule has 10 nitrogen and oxygen atoms in total. The molecule has 4 atom stereocenters. The number of benzene rings is 2. The largest absolute Gasteiger partial charge is 0.508 e. The van der Waals surface area contributed by atoms with Gasteiger partial charge in [-0.25, -0.2) is 4.79 Å². The molecular weight excluding hydrogens is 528 g/mol. The van der Waals surface area contributed by atoms with Crippen LogP contribution in [-0.4, -0.2) is 75.8 Å². The monoisotopic (exact) mass is 562 g/mol. The Morgan fingerprint density at radius 3 is 1.95 bits per heavy atom. The first-order valence-corrected chi connectivity index (χ1v) is 14.0. The van der Waals surface area contributed by atoms with Crippen molar-refractivity contribution in [2.24, 2.45) is 5.73 Å². The lowest BCUT2D eigenvalue weighted by atomic mass is 10.0. The molecular formula is C26H34N4O6S2. The Morgan fingerprint density at radius 2 is 1.37 bits per heavy atom. The van der Waals surface area contributed by atoms with Crippen molar-refractivity contribution in [2.45, 2.75) is 43.4 Å². The van der Waals surface area contributed by atoms with Gasteiger partial charge >= 0.3 is 5.97 Å². The Morgan fingerprint density at radius 1 is 0.842 bits per heavy atom. The molecule has 2 aromatic carbocycles. The van der Waals surface area contributed by atoms with E-state index in [0.717, 1.165) is 5.56 Å². The molecule has 4 unspecified atom stereocenters. The van der Waals surface area contributed by atoms with Crippen molar-refractivity contribution in [3.63, 3.8) is 0 Å². The van der Waals surface area contributed by atoms with Crippen molar-refractivity contribution in [3.8, 4) is 5.75 Å². The van der Waals surface area contributed by atoms with Gasteiger partial charge < -0.3 is 31.9 Å². The van der Waals surface area contributed by atoms with E-state index in [9.17, 15) is 29.4 Å². The van der Waals surface area contributed by atoms with Crippen molar-refractivity contribution in [1.82, 2.24) is 16.0 Å². The fraction of sp³-hybridized carbons (Fsp3) is 0.385. The second-order valence-corrected chi connectivity index (χ2v) is 10.0. The summed E-state index contributed by atoms with van der Waals surface area (Å²) in [6, 6.07) is 10.7. The summed E-state index contributed by atoms with van der Waals surface area (Å²) < 4.78 is 0. The zero-order valence-electron chi connectivity index (χ0n) is 21.0. The second-order valence-electron chi connectivity index (χ2n) is 8.65. The third kappa shape index (κ3) is 10.3. The number of aliphatic carboxylic acids is 1. The number of hydrogen-bond donors (Lipinski definition) is 7. The van der Waals surface area contributed by atoms with Gasteiger partial charge in [-0.1, -0.05) is 42.5 Å². The minimum absolute atomic E-state index is 0.0323. The molecule has 0 aromatic heterocycles. The summed E-state index contributed by atoms with van der Waals surface area (Å²) in [4.78, 5) is 50.6. The van der Waals surface area contributed by atoms with E-state index in [1.165, 1.54) is 12.1 Å². The molecule has 0 spiro atoms. The minimum Gasteiger partial charge on any atom is -0.508 e. The van der Waals surface area contributed by atoms with Gasteiger partial charge in [-0.15, -0.1) is 0 Å². The smallest absolute Gasteiger partial charge is 0.326 e. The molecule has 2 rings (SSSR count). The van der Waals surface area contributed by atoms with Crippen LogP contribution in [-0.2, 0) is 32.0 Å². The highest BCUT2D eigenvalue weighted by atomic mass is 32.2. The highest BCUT2D eigenvalue weighted by Gasteiger charge is 2.30. The number of nitrogens with one attached hydrogen (secondary N) is 3. The Labute approximate surface area is 231 Å². The lowest BCUT2D eigenvalue weighted by Crippen LogP contribution is -2.58. The van der Waals surface area contributed by atoms with Crippen LogP contribution >= 0.6 is 24.4 Å². The average molecular weight is 563 g/mol. The maximum absolute atomic E-state index is 13.2. The molecule has 0 heterocycles. The van der Waals surface area contributed by atoms with Gasteiger partial charge in [0, 0.05) is 18.6 Å². The average Bonchev–Trinajstić information content (AvgIpc) is 2.90. The van der Waals surface area contributed by atoms with Crippen LogP contribution in [0.4, 0.5) is 0 Å². The SMILES string of the molecule is CSCCC(N)C(=O)NC(Cc1ccccc1)C(=O)NC(CS)C(=O)NC(Cc1ccc(O)cc1)C(=O)O. The van der Waals surface area contributed by atoms with Gasteiger partial charge in [0.1, 0.15) is 23.9 Å². The van der Waals surface area contributed by atoms with Crippen LogP contribution in [0.3, 0.4) is 0 Å². The summed E-state index contributed by atoms with van der Waals surface area (Å²) in [5, 5.41) is 26.7. The van der Waals surface area contributed by atoms with Gasteiger partial charge in [-0.05, 0) is 41.7 Å². The van der Waals surface area contributed by atoms with Gasteiger partial charge in [0.15, 0.2) is 0 Å². The third-order valence-corrected chi connectivity index (χ3v) is 6.70. The predicted molar refractivity (Wildman–Crippen MR) is 150 cm³/mol. The van der Waals surface area contributed by atoms with Crippen LogP contribution in [0.2, 0.25) is 0 Å². The molecule has 0 saturated heterocycles. The standard InChI is InChI=1S/C26H34N4O6S2/c1-38-12-11-19(27)23(32)28-20(13-16-5-3-2-4-6-16)24(33)30-22(15-37)25(34)29-21(26(35)36)14-17-7-9-18(31)10-8-17/h2-10,19-22,31,37H,11-15,27H2,1H3,(H,28,32)(H,29,34)(H,30,33)(H,35,36). The summed E-state index contributed by atoms with van der Waals surface area (Å²) in [7, 11) is 0. The molecule has 0 fully saturated rings. The van der Waals surface area contributed by atoms with Gasteiger partial charge in [-0.3, -0.25) is 14.4 Å². The maximum atomic E-state index is 13.2. The Balaban J connectivity index is 2.11. The van der Waals surface area contributed by atoms with Gasteiger partial charge in [0.25, 0.3) is 0 Å². The minimum atomic E-state index is -1.28. The number of amides is 3. The zero-order valence-corrected chi connectivity index (χ0v) is 22.7. The molecule has 0 saturated carbocycles.